The van der Waals surface area contributed by atoms with Gasteiger partial charge in [-0.15, -0.1) is 0 Å². The number of hydrogen-bond acceptors (Lipinski definition) is 0. The molecule has 0 N–H and O–H groups in total. The summed E-state index contributed by atoms with van der Waals surface area (Å²) in [6.07, 6.45) is 1.95. The predicted molar refractivity (Wildman–Crippen MR) is 54.3 cm³/mol. The van der Waals surface area contributed by atoms with Crippen LogP contribution in [0.15, 0.2) is 18.2 Å². The third kappa shape index (κ3) is 2.83. The van der Waals surface area contributed by atoms with Crippen molar-refractivity contribution < 1.29 is 4.39 Å². The van der Waals surface area contributed by atoms with Crippen molar-refractivity contribution in [1.82, 2.24) is 0 Å². The highest BCUT2D eigenvalue weighted by molar-refractivity contribution is 5.23. The van der Waals surface area contributed by atoms with E-state index in [-0.39, 0.29) is 5.82 Å². The van der Waals surface area contributed by atoms with E-state index in [4.69, 9.17) is 0 Å². The molecule has 0 aromatic heterocycles. The SMILES string of the molecule is CCC(C)Cc1ccc(C)cc1F. The largest absolute Gasteiger partial charge is 0.207 e. The lowest BCUT2D eigenvalue weighted by Gasteiger charge is -2.09. The van der Waals surface area contributed by atoms with Crippen molar-refractivity contribution in [1.29, 1.82) is 0 Å². The molecule has 0 heterocycles. The normalized spacial score (nSPS) is 12.9. The first kappa shape index (κ1) is 10.2. The molecule has 0 saturated carbocycles. The van der Waals surface area contributed by atoms with Gasteiger partial charge in [0, 0.05) is 0 Å². The third-order valence-corrected chi connectivity index (χ3v) is 2.47. The van der Waals surface area contributed by atoms with Crippen LogP contribution in [0.3, 0.4) is 0 Å². The van der Waals surface area contributed by atoms with Gasteiger partial charge in [-0.25, -0.2) is 4.39 Å². The Bertz CT molecular complexity index is 278. The summed E-state index contributed by atoms with van der Waals surface area (Å²) in [6, 6.07) is 5.48. The highest BCUT2D eigenvalue weighted by Crippen LogP contribution is 2.15. The van der Waals surface area contributed by atoms with Crippen LogP contribution in [0.5, 0.6) is 0 Å². The van der Waals surface area contributed by atoms with Crippen molar-refractivity contribution in [3.63, 3.8) is 0 Å². The van der Waals surface area contributed by atoms with Gasteiger partial charge < -0.3 is 0 Å². The molecule has 0 saturated heterocycles. The number of halogens is 1. The molecule has 72 valence electrons. The van der Waals surface area contributed by atoms with Crippen LogP contribution in [0, 0.1) is 18.7 Å². The number of rotatable bonds is 3. The number of aryl methyl sites for hydroxylation is 1. The summed E-state index contributed by atoms with van der Waals surface area (Å²) in [4.78, 5) is 0. The Morgan fingerprint density at radius 2 is 2.08 bits per heavy atom. The Hall–Kier alpha value is -0.850. The summed E-state index contributed by atoms with van der Waals surface area (Å²) in [5, 5.41) is 0. The average Bonchev–Trinajstić information content (AvgIpc) is 2.09. The molecule has 0 radical (unpaired) electrons. The molecule has 1 atom stereocenters. The van der Waals surface area contributed by atoms with E-state index in [1.807, 2.05) is 19.1 Å². The van der Waals surface area contributed by atoms with Crippen LogP contribution in [0.2, 0.25) is 0 Å². The average molecular weight is 180 g/mol. The van der Waals surface area contributed by atoms with Gasteiger partial charge in [0.05, 0.1) is 0 Å². The van der Waals surface area contributed by atoms with E-state index in [0.29, 0.717) is 5.92 Å². The quantitative estimate of drug-likeness (QED) is 0.665. The Balaban J connectivity index is 2.77. The van der Waals surface area contributed by atoms with Crippen molar-refractivity contribution in [3.05, 3.63) is 35.1 Å². The Kier molecular flexibility index (Phi) is 3.47. The van der Waals surface area contributed by atoms with E-state index in [1.165, 1.54) is 0 Å². The first-order valence-electron chi connectivity index (χ1n) is 4.88. The van der Waals surface area contributed by atoms with Crippen LogP contribution in [0.25, 0.3) is 0 Å². The van der Waals surface area contributed by atoms with Crippen molar-refractivity contribution in [2.75, 3.05) is 0 Å². The summed E-state index contributed by atoms with van der Waals surface area (Å²) >= 11 is 0. The van der Waals surface area contributed by atoms with Gasteiger partial charge in [-0.05, 0) is 36.5 Å². The second-order valence-corrected chi connectivity index (χ2v) is 3.81. The molecule has 0 fully saturated rings. The topological polar surface area (TPSA) is 0 Å². The van der Waals surface area contributed by atoms with Gasteiger partial charge in [-0.1, -0.05) is 32.4 Å². The van der Waals surface area contributed by atoms with Crippen LogP contribution in [-0.2, 0) is 6.42 Å². The maximum absolute atomic E-state index is 13.3. The fraction of sp³-hybridized carbons (Fsp3) is 0.500. The molecule has 1 aromatic carbocycles. The summed E-state index contributed by atoms with van der Waals surface area (Å²) < 4.78 is 13.3. The lowest BCUT2D eigenvalue weighted by atomic mass is 9.98. The second-order valence-electron chi connectivity index (χ2n) is 3.81. The minimum absolute atomic E-state index is 0.0553. The van der Waals surface area contributed by atoms with E-state index in [9.17, 15) is 4.39 Å². The lowest BCUT2D eigenvalue weighted by molar-refractivity contribution is 0.531. The molecular formula is C12H17F. The fourth-order valence-electron chi connectivity index (χ4n) is 1.34. The first-order chi connectivity index (χ1) is 6.13. The van der Waals surface area contributed by atoms with Crippen LogP contribution < -0.4 is 0 Å². The summed E-state index contributed by atoms with van der Waals surface area (Å²) in [5.74, 6) is 0.512. The summed E-state index contributed by atoms with van der Waals surface area (Å²) in [7, 11) is 0. The minimum Gasteiger partial charge on any atom is -0.207 e. The van der Waals surface area contributed by atoms with Crippen molar-refractivity contribution in [2.45, 2.75) is 33.6 Å². The minimum atomic E-state index is -0.0553. The molecule has 1 unspecified atom stereocenters. The Morgan fingerprint density at radius 1 is 1.38 bits per heavy atom. The van der Waals surface area contributed by atoms with Crippen molar-refractivity contribution in [3.8, 4) is 0 Å². The van der Waals surface area contributed by atoms with Crippen LogP contribution in [0.4, 0.5) is 4.39 Å². The molecule has 13 heavy (non-hydrogen) atoms. The molecule has 1 aromatic rings. The van der Waals surface area contributed by atoms with Crippen molar-refractivity contribution in [2.24, 2.45) is 5.92 Å². The van der Waals surface area contributed by atoms with E-state index in [0.717, 1.165) is 24.0 Å². The Morgan fingerprint density at radius 3 is 2.62 bits per heavy atom. The van der Waals surface area contributed by atoms with E-state index in [2.05, 4.69) is 13.8 Å². The smallest absolute Gasteiger partial charge is 0.126 e. The van der Waals surface area contributed by atoms with Crippen LogP contribution in [0.1, 0.15) is 31.4 Å². The van der Waals surface area contributed by atoms with E-state index in [1.54, 1.807) is 6.07 Å². The van der Waals surface area contributed by atoms with Gasteiger partial charge in [0.15, 0.2) is 0 Å². The molecule has 0 aliphatic rings. The van der Waals surface area contributed by atoms with E-state index >= 15 is 0 Å². The van der Waals surface area contributed by atoms with Crippen LogP contribution in [-0.4, -0.2) is 0 Å². The van der Waals surface area contributed by atoms with Gasteiger partial charge in [-0.2, -0.15) is 0 Å². The molecule has 0 aliphatic heterocycles. The van der Waals surface area contributed by atoms with Crippen LogP contribution >= 0.6 is 0 Å². The molecule has 0 nitrogen and oxygen atoms in total. The lowest BCUT2D eigenvalue weighted by Crippen LogP contribution is -2.00. The van der Waals surface area contributed by atoms with Gasteiger partial charge in [0.25, 0.3) is 0 Å². The molecule has 1 heteroatoms. The monoisotopic (exact) mass is 180 g/mol. The third-order valence-electron chi connectivity index (χ3n) is 2.47. The Labute approximate surface area is 79.8 Å². The van der Waals surface area contributed by atoms with Crippen molar-refractivity contribution >= 4 is 0 Å². The molecular weight excluding hydrogens is 163 g/mol. The predicted octanol–water partition coefficient (Wildman–Crippen LogP) is 3.72. The maximum Gasteiger partial charge on any atom is 0.126 e. The summed E-state index contributed by atoms with van der Waals surface area (Å²) in [6.45, 7) is 6.20. The maximum atomic E-state index is 13.3. The highest BCUT2D eigenvalue weighted by atomic mass is 19.1. The number of benzene rings is 1. The second kappa shape index (κ2) is 4.40. The molecule has 1 rings (SSSR count). The number of hydrogen-bond donors (Lipinski definition) is 0. The van der Waals surface area contributed by atoms with Gasteiger partial charge >= 0.3 is 0 Å². The van der Waals surface area contributed by atoms with Gasteiger partial charge in [0.1, 0.15) is 5.82 Å². The molecule has 0 amide bonds. The summed E-state index contributed by atoms with van der Waals surface area (Å²) in [5.41, 5.74) is 1.84. The highest BCUT2D eigenvalue weighted by Gasteiger charge is 2.05. The molecule has 0 spiro atoms. The van der Waals surface area contributed by atoms with E-state index < -0.39 is 0 Å². The van der Waals surface area contributed by atoms with Gasteiger partial charge in [-0.3, -0.25) is 0 Å². The standard InChI is InChI=1S/C12H17F/c1-4-9(2)7-11-6-5-10(3)8-12(11)13/h5-6,8-9H,4,7H2,1-3H3. The molecule has 0 bridgehead atoms. The zero-order chi connectivity index (χ0) is 9.84. The first-order valence-corrected chi connectivity index (χ1v) is 4.88. The fourth-order valence-corrected chi connectivity index (χ4v) is 1.34. The zero-order valence-electron chi connectivity index (χ0n) is 8.60. The molecule has 0 aliphatic carbocycles. The van der Waals surface area contributed by atoms with Gasteiger partial charge in [0.2, 0.25) is 0 Å². The zero-order valence-corrected chi connectivity index (χ0v) is 8.60.